The topological polar surface area (TPSA) is 85.0 Å². The van der Waals surface area contributed by atoms with Gasteiger partial charge in [-0.1, -0.05) is 25.5 Å². The fourth-order valence-electron chi connectivity index (χ4n) is 2.06. The lowest BCUT2D eigenvalue weighted by Gasteiger charge is -2.20. The van der Waals surface area contributed by atoms with E-state index in [9.17, 15) is 8.42 Å². The molecule has 118 valence electrons. The van der Waals surface area contributed by atoms with E-state index in [2.05, 4.69) is 6.92 Å². The minimum Gasteiger partial charge on any atom is -0.207 e. The van der Waals surface area contributed by atoms with Crippen molar-refractivity contribution in [3.05, 3.63) is 29.8 Å². The molecule has 22 heavy (non-hydrogen) atoms. The molecule has 0 N–H and O–H groups in total. The second-order valence-corrected chi connectivity index (χ2v) is 6.91. The molecule has 1 aromatic carbocycles. The fourth-order valence-corrected chi connectivity index (χ4v) is 3.50. The number of unbranched alkanes of at least 4 members (excludes halogenated alkanes) is 1. The number of hydrogen-bond donors (Lipinski definition) is 0. The minimum absolute atomic E-state index is 0.109. The van der Waals surface area contributed by atoms with Crippen LogP contribution in [0, 0.1) is 22.7 Å². The summed E-state index contributed by atoms with van der Waals surface area (Å²) in [5.41, 5.74) is 1.11. The van der Waals surface area contributed by atoms with Crippen molar-refractivity contribution in [2.24, 2.45) is 0 Å². The van der Waals surface area contributed by atoms with E-state index in [0.717, 1.165) is 24.8 Å². The van der Waals surface area contributed by atoms with Crippen molar-refractivity contribution in [2.75, 3.05) is 13.1 Å². The van der Waals surface area contributed by atoms with E-state index in [1.165, 1.54) is 4.31 Å². The standard InChI is InChI=1S/C16H21N3O2S/c1-2-3-6-15-7-9-16(10-8-15)22(20,21)19(13-4-11-17)14-5-12-18/h7-10H,2-6,13-14H2,1H3. The Morgan fingerprint density at radius 3 is 2.05 bits per heavy atom. The van der Waals surface area contributed by atoms with Crippen LogP contribution in [-0.2, 0) is 16.4 Å². The van der Waals surface area contributed by atoms with Crippen LogP contribution in [0.3, 0.4) is 0 Å². The predicted molar refractivity (Wildman–Crippen MR) is 84.3 cm³/mol. The van der Waals surface area contributed by atoms with Crippen LogP contribution in [0.5, 0.6) is 0 Å². The van der Waals surface area contributed by atoms with Gasteiger partial charge in [-0.25, -0.2) is 8.42 Å². The highest BCUT2D eigenvalue weighted by atomic mass is 32.2. The lowest BCUT2D eigenvalue weighted by Crippen LogP contribution is -2.32. The number of benzene rings is 1. The normalized spacial score (nSPS) is 11.1. The largest absolute Gasteiger partial charge is 0.243 e. The van der Waals surface area contributed by atoms with Crippen LogP contribution in [0.2, 0.25) is 0 Å². The number of nitriles is 2. The van der Waals surface area contributed by atoms with Crippen LogP contribution in [0.25, 0.3) is 0 Å². The van der Waals surface area contributed by atoms with Crippen molar-refractivity contribution < 1.29 is 8.42 Å². The number of aryl methyl sites for hydroxylation is 1. The van der Waals surface area contributed by atoms with Gasteiger partial charge in [0.05, 0.1) is 17.0 Å². The van der Waals surface area contributed by atoms with E-state index in [1.54, 1.807) is 12.1 Å². The number of nitrogens with zero attached hydrogens (tertiary/aromatic N) is 3. The van der Waals surface area contributed by atoms with Gasteiger partial charge in [-0.2, -0.15) is 14.8 Å². The van der Waals surface area contributed by atoms with Gasteiger partial charge in [0, 0.05) is 25.9 Å². The average Bonchev–Trinajstić information content (AvgIpc) is 2.53. The summed E-state index contributed by atoms with van der Waals surface area (Å²) >= 11 is 0. The summed E-state index contributed by atoms with van der Waals surface area (Å²) in [6.45, 7) is 2.33. The smallest absolute Gasteiger partial charge is 0.207 e. The van der Waals surface area contributed by atoms with Crippen LogP contribution in [0.4, 0.5) is 0 Å². The molecule has 1 aromatic rings. The van der Waals surface area contributed by atoms with Gasteiger partial charge in [0.15, 0.2) is 0 Å². The van der Waals surface area contributed by atoms with Crippen molar-refractivity contribution in [1.29, 1.82) is 10.5 Å². The summed E-state index contributed by atoms with van der Waals surface area (Å²) in [4.78, 5) is 0.212. The van der Waals surface area contributed by atoms with Crippen LogP contribution < -0.4 is 0 Å². The molecule has 0 aromatic heterocycles. The molecule has 0 aliphatic heterocycles. The molecule has 5 nitrogen and oxygen atoms in total. The maximum atomic E-state index is 12.6. The van der Waals surface area contributed by atoms with Gasteiger partial charge in [-0.05, 0) is 30.5 Å². The van der Waals surface area contributed by atoms with Crippen molar-refractivity contribution in [2.45, 2.75) is 43.9 Å². The maximum absolute atomic E-state index is 12.6. The predicted octanol–water partition coefficient (Wildman–Crippen LogP) is 2.85. The van der Waals surface area contributed by atoms with Gasteiger partial charge in [0.2, 0.25) is 10.0 Å². The number of sulfonamides is 1. The molecule has 0 fully saturated rings. The second-order valence-electron chi connectivity index (χ2n) is 4.97. The van der Waals surface area contributed by atoms with Crippen molar-refractivity contribution in [1.82, 2.24) is 4.31 Å². The molecule has 0 aliphatic carbocycles. The lowest BCUT2D eigenvalue weighted by atomic mass is 10.1. The van der Waals surface area contributed by atoms with Gasteiger partial charge in [-0.15, -0.1) is 0 Å². The van der Waals surface area contributed by atoms with Gasteiger partial charge < -0.3 is 0 Å². The van der Waals surface area contributed by atoms with Crippen LogP contribution in [0.15, 0.2) is 29.2 Å². The third kappa shape index (κ3) is 5.14. The van der Waals surface area contributed by atoms with E-state index < -0.39 is 10.0 Å². The van der Waals surface area contributed by atoms with Gasteiger partial charge in [0.1, 0.15) is 0 Å². The first-order valence-electron chi connectivity index (χ1n) is 7.39. The molecule has 0 radical (unpaired) electrons. The van der Waals surface area contributed by atoms with Crippen molar-refractivity contribution >= 4 is 10.0 Å². The Labute approximate surface area is 132 Å². The maximum Gasteiger partial charge on any atom is 0.243 e. The molecule has 0 amide bonds. The summed E-state index contributed by atoms with van der Waals surface area (Å²) in [5, 5.41) is 17.3. The molecule has 0 aliphatic rings. The highest BCUT2D eigenvalue weighted by Gasteiger charge is 2.23. The van der Waals surface area contributed by atoms with E-state index in [0.29, 0.717) is 0 Å². The van der Waals surface area contributed by atoms with E-state index in [-0.39, 0.29) is 30.8 Å². The Hall–Kier alpha value is -1.89. The average molecular weight is 319 g/mol. The lowest BCUT2D eigenvalue weighted by molar-refractivity contribution is 0.425. The number of rotatable bonds is 9. The third-order valence-corrected chi connectivity index (χ3v) is 5.24. The van der Waals surface area contributed by atoms with Crippen molar-refractivity contribution in [3.63, 3.8) is 0 Å². The Kier molecular flexibility index (Phi) is 7.59. The zero-order valence-corrected chi connectivity index (χ0v) is 13.6. The summed E-state index contributed by atoms with van der Waals surface area (Å²) < 4.78 is 26.4. The summed E-state index contributed by atoms with van der Waals surface area (Å²) in [6, 6.07) is 10.7. The quantitative estimate of drug-likeness (QED) is 0.700. The van der Waals surface area contributed by atoms with Crippen molar-refractivity contribution in [3.8, 4) is 12.1 Å². The van der Waals surface area contributed by atoms with Gasteiger partial charge in [-0.3, -0.25) is 0 Å². The molecule has 0 saturated heterocycles. The highest BCUT2D eigenvalue weighted by Crippen LogP contribution is 2.18. The molecule has 0 heterocycles. The first-order chi connectivity index (χ1) is 10.6. The molecular formula is C16H21N3O2S. The third-order valence-electron chi connectivity index (χ3n) is 3.33. The Bertz CT molecular complexity index is 621. The molecule has 0 spiro atoms. The molecular weight excluding hydrogens is 298 g/mol. The molecule has 0 saturated carbocycles. The summed E-state index contributed by atoms with van der Waals surface area (Å²) in [6.07, 6.45) is 3.32. The van der Waals surface area contributed by atoms with Gasteiger partial charge >= 0.3 is 0 Å². The molecule has 1 rings (SSSR count). The van der Waals surface area contributed by atoms with E-state index >= 15 is 0 Å². The van der Waals surface area contributed by atoms with E-state index in [4.69, 9.17) is 10.5 Å². The fraction of sp³-hybridized carbons (Fsp3) is 0.500. The molecule has 0 unspecified atom stereocenters. The van der Waals surface area contributed by atoms with Gasteiger partial charge in [0.25, 0.3) is 0 Å². The first-order valence-corrected chi connectivity index (χ1v) is 8.83. The Morgan fingerprint density at radius 2 is 1.59 bits per heavy atom. The Balaban J connectivity index is 2.93. The summed E-state index contributed by atoms with van der Waals surface area (Å²) in [7, 11) is -3.65. The SMILES string of the molecule is CCCCc1ccc(S(=O)(=O)N(CCC#N)CCC#N)cc1. The van der Waals surface area contributed by atoms with Crippen LogP contribution in [-0.4, -0.2) is 25.8 Å². The number of hydrogen-bond acceptors (Lipinski definition) is 4. The van der Waals surface area contributed by atoms with Crippen LogP contribution >= 0.6 is 0 Å². The minimum atomic E-state index is -3.65. The second kappa shape index (κ2) is 9.19. The first kappa shape index (κ1) is 18.2. The Morgan fingerprint density at radius 1 is 1.05 bits per heavy atom. The monoisotopic (exact) mass is 319 g/mol. The molecule has 0 bridgehead atoms. The highest BCUT2D eigenvalue weighted by molar-refractivity contribution is 7.89. The molecule has 6 heteroatoms. The summed E-state index contributed by atoms with van der Waals surface area (Å²) in [5.74, 6) is 0. The van der Waals surface area contributed by atoms with E-state index in [1.807, 2.05) is 24.3 Å². The zero-order valence-electron chi connectivity index (χ0n) is 12.8. The van der Waals surface area contributed by atoms with Crippen LogP contribution in [0.1, 0.15) is 38.2 Å². The molecule has 0 atom stereocenters. The zero-order chi connectivity index (χ0) is 16.4.